The van der Waals surface area contributed by atoms with E-state index in [1.54, 1.807) is 24.3 Å². The molecule has 0 aliphatic carbocycles. The topological polar surface area (TPSA) is 87.7 Å². The van der Waals surface area contributed by atoms with Crippen molar-refractivity contribution in [2.45, 2.75) is 39.4 Å². The molecule has 1 amide bonds. The number of rotatable bonds is 8. The molecule has 0 bridgehead atoms. The number of halogens is 2. The van der Waals surface area contributed by atoms with E-state index >= 15 is 0 Å². The van der Waals surface area contributed by atoms with Crippen LogP contribution in [-0.2, 0) is 17.9 Å². The summed E-state index contributed by atoms with van der Waals surface area (Å²) in [7, 11) is 0. The van der Waals surface area contributed by atoms with Crippen LogP contribution in [0.5, 0.6) is 5.75 Å². The number of carboxylic acids is 1. The van der Waals surface area contributed by atoms with Crippen molar-refractivity contribution in [2.24, 2.45) is 0 Å². The number of aromatic carboxylic acids is 1. The molecule has 2 aromatic rings. The van der Waals surface area contributed by atoms with Gasteiger partial charge < -0.3 is 20.5 Å². The normalized spacial score (nSPS) is 10.8. The maximum absolute atomic E-state index is 12.0. The molecule has 2 aromatic carbocycles. The molecule has 0 radical (unpaired) electrons. The van der Waals surface area contributed by atoms with Crippen molar-refractivity contribution in [2.75, 3.05) is 6.61 Å². The molecule has 158 valence electrons. The number of carbonyl (C=O) groups is 2. The van der Waals surface area contributed by atoms with Crippen LogP contribution in [-0.4, -0.2) is 29.1 Å². The molecular formula is C21H26BrClN2O4. The highest BCUT2D eigenvalue weighted by Gasteiger charge is 2.15. The van der Waals surface area contributed by atoms with Crippen LogP contribution in [0, 0.1) is 0 Å². The Labute approximate surface area is 185 Å². The van der Waals surface area contributed by atoms with Gasteiger partial charge >= 0.3 is 5.97 Å². The van der Waals surface area contributed by atoms with E-state index in [9.17, 15) is 9.59 Å². The number of hydrogen-bond donors (Lipinski definition) is 3. The molecular weight excluding hydrogens is 460 g/mol. The first-order valence-corrected chi connectivity index (χ1v) is 9.68. The monoisotopic (exact) mass is 484 g/mol. The standard InChI is InChI=1S/C21H25BrN2O4.ClH/c1-21(2,3)24-19(25)13-28-18-9-8-17(22)10-16(18)12-23-11-14-4-6-15(7-5-14)20(26)27;/h4-10,23H,11-13H2,1-3H3,(H,24,25)(H,26,27);1H. The second-order valence-electron chi connectivity index (χ2n) is 7.44. The first-order valence-electron chi connectivity index (χ1n) is 8.89. The lowest BCUT2D eigenvalue weighted by Gasteiger charge is -2.21. The maximum Gasteiger partial charge on any atom is 0.335 e. The molecule has 0 aliphatic rings. The van der Waals surface area contributed by atoms with E-state index in [0.29, 0.717) is 18.8 Å². The van der Waals surface area contributed by atoms with Gasteiger partial charge in [0.05, 0.1) is 5.56 Å². The first-order chi connectivity index (χ1) is 13.1. The summed E-state index contributed by atoms with van der Waals surface area (Å²) in [5, 5.41) is 15.1. The number of benzene rings is 2. The molecule has 0 spiro atoms. The van der Waals surface area contributed by atoms with Crippen LogP contribution < -0.4 is 15.4 Å². The van der Waals surface area contributed by atoms with Crippen LogP contribution in [0.1, 0.15) is 42.3 Å². The van der Waals surface area contributed by atoms with Crippen molar-refractivity contribution in [1.29, 1.82) is 0 Å². The lowest BCUT2D eigenvalue weighted by Crippen LogP contribution is -2.43. The number of carbonyl (C=O) groups excluding carboxylic acids is 1. The Balaban J connectivity index is 0.00000420. The number of ether oxygens (including phenoxy) is 1. The van der Waals surface area contributed by atoms with Gasteiger partial charge in [-0.25, -0.2) is 4.79 Å². The predicted octanol–water partition coefficient (Wildman–Crippen LogP) is 4.15. The zero-order valence-electron chi connectivity index (χ0n) is 16.6. The second kappa shape index (κ2) is 11.2. The Morgan fingerprint density at radius 1 is 1.07 bits per heavy atom. The zero-order chi connectivity index (χ0) is 20.7. The first kappa shape index (κ1) is 24.9. The summed E-state index contributed by atoms with van der Waals surface area (Å²) in [6, 6.07) is 12.4. The summed E-state index contributed by atoms with van der Waals surface area (Å²) in [6.45, 7) is 6.82. The Hall–Kier alpha value is -2.09. The SMILES string of the molecule is CC(C)(C)NC(=O)COc1ccc(Br)cc1CNCc1ccc(C(=O)O)cc1.Cl. The third kappa shape index (κ3) is 8.85. The number of amides is 1. The minimum Gasteiger partial charge on any atom is -0.483 e. The molecule has 0 saturated carbocycles. The number of hydrogen-bond acceptors (Lipinski definition) is 4. The fourth-order valence-corrected chi connectivity index (χ4v) is 2.94. The molecule has 3 N–H and O–H groups in total. The van der Waals surface area contributed by atoms with E-state index in [1.165, 1.54) is 0 Å². The maximum atomic E-state index is 12.0. The molecule has 0 unspecified atom stereocenters. The van der Waals surface area contributed by atoms with Crippen LogP contribution in [0.2, 0.25) is 0 Å². The molecule has 0 saturated heterocycles. The summed E-state index contributed by atoms with van der Waals surface area (Å²) in [6.07, 6.45) is 0. The Kier molecular flexibility index (Phi) is 9.62. The minimum atomic E-state index is -0.939. The summed E-state index contributed by atoms with van der Waals surface area (Å²) >= 11 is 3.46. The summed E-state index contributed by atoms with van der Waals surface area (Å²) < 4.78 is 6.62. The van der Waals surface area contributed by atoms with E-state index in [2.05, 4.69) is 26.6 Å². The number of nitrogens with one attached hydrogen (secondary N) is 2. The highest BCUT2D eigenvalue weighted by Crippen LogP contribution is 2.23. The van der Waals surface area contributed by atoms with Gasteiger partial charge in [0.25, 0.3) is 5.91 Å². The third-order valence-electron chi connectivity index (χ3n) is 3.74. The van der Waals surface area contributed by atoms with Gasteiger partial charge in [0.1, 0.15) is 5.75 Å². The van der Waals surface area contributed by atoms with Crippen LogP contribution in [0.25, 0.3) is 0 Å². The fourth-order valence-electron chi connectivity index (χ4n) is 2.53. The van der Waals surface area contributed by atoms with Gasteiger partial charge in [-0.3, -0.25) is 4.79 Å². The van der Waals surface area contributed by atoms with Crippen molar-refractivity contribution in [3.8, 4) is 5.75 Å². The Morgan fingerprint density at radius 3 is 2.31 bits per heavy atom. The van der Waals surface area contributed by atoms with E-state index in [0.717, 1.165) is 15.6 Å². The molecule has 0 atom stereocenters. The highest BCUT2D eigenvalue weighted by atomic mass is 79.9. The van der Waals surface area contributed by atoms with Crippen molar-refractivity contribution < 1.29 is 19.4 Å². The van der Waals surface area contributed by atoms with Crippen LogP contribution in [0.15, 0.2) is 46.9 Å². The average Bonchev–Trinajstić information content (AvgIpc) is 2.60. The quantitative estimate of drug-likeness (QED) is 0.523. The highest BCUT2D eigenvalue weighted by molar-refractivity contribution is 9.10. The molecule has 0 aliphatic heterocycles. The van der Waals surface area contributed by atoms with Gasteiger partial charge in [-0.15, -0.1) is 12.4 Å². The Morgan fingerprint density at radius 2 is 1.72 bits per heavy atom. The average molecular weight is 486 g/mol. The van der Waals surface area contributed by atoms with Crippen molar-refractivity contribution in [3.63, 3.8) is 0 Å². The zero-order valence-corrected chi connectivity index (χ0v) is 19.0. The van der Waals surface area contributed by atoms with Gasteiger partial charge in [-0.2, -0.15) is 0 Å². The number of carboxylic acid groups (broad SMARTS) is 1. The van der Waals surface area contributed by atoms with Crippen LogP contribution >= 0.6 is 28.3 Å². The van der Waals surface area contributed by atoms with E-state index < -0.39 is 5.97 Å². The molecule has 0 aromatic heterocycles. The van der Waals surface area contributed by atoms with Crippen LogP contribution in [0.4, 0.5) is 0 Å². The summed E-state index contributed by atoms with van der Waals surface area (Å²) in [5.74, 6) is -0.472. The predicted molar refractivity (Wildman–Crippen MR) is 119 cm³/mol. The lowest BCUT2D eigenvalue weighted by molar-refractivity contribution is -0.124. The van der Waals surface area contributed by atoms with Crippen molar-refractivity contribution in [3.05, 3.63) is 63.6 Å². The van der Waals surface area contributed by atoms with Gasteiger partial charge in [-0.1, -0.05) is 28.1 Å². The molecule has 29 heavy (non-hydrogen) atoms. The summed E-state index contributed by atoms with van der Waals surface area (Å²) in [4.78, 5) is 22.9. The third-order valence-corrected chi connectivity index (χ3v) is 4.23. The lowest BCUT2D eigenvalue weighted by atomic mass is 10.1. The van der Waals surface area contributed by atoms with Gasteiger partial charge in [0.2, 0.25) is 0 Å². The van der Waals surface area contributed by atoms with E-state index in [1.807, 2.05) is 39.0 Å². The molecule has 6 nitrogen and oxygen atoms in total. The molecule has 8 heteroatoms. The fraction of sp³-hybridized carbons (Fsp3) is 0.333. The molecule has 0 fully saturated rings. The van der Waals surface area contributed by atoms with Crippen molar-refractivity contribution in [1.82, 2.24) is 10.6 Å². The molecule has 2 rings (SSSR count). The molecule has 0 heterocycles. The van der Waals surface area contributed by atoms with E-state index in [-0.39, 0.29) is 36.0 Å². The van der Waals surface area contributed by atoms with Gasteiger partial charge in [-0.05, 0) is 56.7 Å². The van der Waals surface area contributed by atoms with Crippen molar-refractivity contribution >= 4 is 40.2 Å². The smallest absolute Gasteiger partial charge is 0.335 e. The Bertz CT molecular complexity index is 836. The van der Waals surface area contributed by atoms with Gasteiger partial charge in [0, 0.05) is 28.7 Å². The largest absolute Gasteiger partial charge is 0.483 e. The van der Waals surface area contributed by atoms with Crippen LogP contribution in [0.3, 0.4) is 0 Å². The second-order valence-corrected chi connectivity index (χ2v) is 8.36. The minimum absolute atomic E-state index is 0. The van der Waals surface area contributed by atoms with Gasteiger partial charge in [0.15, 0.2) is 6.61 Å². The van der Waals surface area contributed by atoms with E-state index in [4.69, 9.17) is 9.84 Å². The summed E-state index contributed by atoms with van der Waals surface area (Å²) in [5.41, 5.74) is 1.85.